The minimum absolute atomic E-state index is 0.548. The van der Waals surface area contributed by atoms with Crippen LogP contribution in [0.25, 0.3) is 0 Å². The molecule has 0 fully saturated rings. The van der Waals surface area contributed by atoms with E-state index in [1.54, 1.807) is 18.2 Å². The van der Waals surface area contributed by atoms with Crippen molar-refractivity contribution in [3.63, 3.8) is 0 Å². The Morgan fingerprint density at radius 2 is 2.00 bits per heavy atom. The van der Waals surface area contributed by atoms with Crippen molar-refractivity contribution in [1.29, 1.82) is 0 Å². The lowest BCUT2D eigenvalue weighted by molar-refractivity contribution is 0.316. The predicted octanol–water partition coefficient (Wildman–Crippen LogP) is 2.28. The van der Waals surface area contributed by atoms with Gasteiger partial charge < -0.3 is 4.74 Å². The molecule has 0 amide bonds. The van der Waals surface area contributed by atoms with E-state index in [0.717, 1.165) is 0 Å². The zero-order valence-corrected chi connectivity index (χ0v) is 7.80. The fourth-order valence-corrected chi connectivity index (χ4v) is 1.03. The normalized spacial score (nSPS) is 23.1. The molecule has 64 valence electrons. The number of nitrogens with zero attached hydrogens (tertiary/aromatic N) is 2. The van der Waals surface area contributed by atoms with Crippen molar-refractivity contribution >= 4 is 35.0 Å². The van der Waals surface area contributed by atoms with Gasteiger partial charge in [0.2, 0.25) is 0 Å². The summed E-state index contributed by atoms with van der Waals surface area (Å²) in [6, 6.07) is 0. The summed E-state index contributed by atoms with van der Waals surface area (Å²) in [5.41, 5.74) is 1.17. The molecule has 0 N–H and O–H groups in total. The molecule has 0 aromatic rings. The second kappa shape index (κ2) is 4.28. The molecule has 0 aromatic heterocycles. The Hall–Kier alpha value is -0.800. The zero-order valence-electron chi connectivity index (χ0n) is 6.29. The largest absolute Gasteiger partial charge is 0.494 e. The second-order valence-electron chi connectivity index (χ2n) is 2.03. The highest BCUT2D eigenvalue weighted by molar-refractivity contribution is 6.31. The van der Waals surface area contributed by atoms with Crippen molar-refractivity contribution in [3.8, 4) is 0 Å². The van der Waals surface area contributed by atoms with Crippen LogP contribution in [-0.2, 0) is 4.74 Å². The van der Waals surface area contributed by atoms with Crippen LogP contribution in [0.1, 0.15) is 0 Å². The number of hydrogen-bond donors (Lipinski definition) is 0. The van der Waals surface area contributed by atoms with E-state index >= 15 is 0 Å². The van der Waals surface area contributed by atoms with Crippen molar-refractivity contribution in [2.45, 2.75) is 0 Å². The Morgan fingerprint density at radius 3 is 2.50 bits per heavy atom. The number of allylic oxidation sites excluding steroid dienone is 3. The van der Waals surface area contributed by atoms with Gasteiger partial charge in [-0.25, -0.2) is 0 Å². The number of hydrogen-bond acceptors (Lipinski definition) is 3. The predicted molar refractivity (Wildman–Crippen MR) is 50.8 cm³/mol. The first-order valence-electron chi connectivity index (χ1n) is 3.14. The highest BCUT2D eigenvalue weighted by atomic mass is 35.5. The van der Waals surface area contributed by atoms with E-state index in [4.69, 9.17) is 28.3 Å². The molecule has 1 aliphatic rings. The first-order chi connectivity index (χ1) is 5.81. The molecule has 0 bridgehead atoms. The van der Waals surface area contributed by atoms with Gasteiger partial charge in [-0.05, 0) is 12.2 Å². The molecule has 12 heavy (non-hydrogen) atoms. The van der Waals surface area contributed by atoms with Crippen LogP contribution in [0.5, 0.6) is 0 Å². The summed E-state index contributed by atoms with van der Waals surface area (Å²) in [5.74, 6) is 0.548. The van der Waals surface area contributed by atoms with Gasteiger partial charge in [-0.15, -0.1) is 0 Å². The van der Waals surface area contributed by atoms with Crippen LogP contribution < -0.4 is 0 Å². The molecule has 0 saturated heterocycles. The van der Waals surface area contributed by atoms with Crippen molar-refractivity contribution in [1.82, 2.24) is 0 Å². The van der Waals surface area contributed by atoms with Gasteiger partial charge in [-0.3, -0.25) is 0 Å². The highest BCUT2D eigenvalue weighted by Gasteiger charge is 2.09. The van der Waals surface area contributed by atoms with Crippen molar-refractivity contribution in [3.05, 3.63) is 24.0 Å². The minimum Gasteiger partial charge on any atom is -0.494 e. The summed E-state index contributed by atoms with van der Waals surface area (Å²) in [6.45, 7) is 0. The topological polar surface area (TPSA) is 34.0 Å². The molecular weight excluding hydrogens is 199 g/mol. The summed E-state index contributed by atoms with van der Waals surface area (Å²) in [4.78, 5) is 0. The van der Waals surface area contributed by atoms with E-state index < -0.39 is 0 Å². The zero-order chi connectivity index (χ0) is 8.97. The standard InChI is InChI=1S/C7H6Cl2N2O/c1-12-7-4-5(10-8)2-3-6(7)11-9/h2-4H,1H3. The van der Waals surface area contributed by atoms with Gasteiger partial charge in [0.15, 0.2) is 0 Å². The summed E-state index contributed by atoms with van der Waals surface area (Å²) >= 11 is 10.5. The molecule has 3 nitrogen and oxygen atoms in total. The molecule has 0 radical (unpaired) electrons. The van der Waals surface area contributed by atoms with E-state index in [1.165, 1.54) is 7.11 Å². The Kier molecular flexibility index (Phi) is 3.31. The Morgan fingerprint density at radius 1 is 1.25 bits per heavy atom. The van der Waals surface area contributed by atoms with Crippen molar-refractivity contribution in [2.75, 3.05) is 7.11 Å². The average Bonchev–Trinajstić information content (AvgIpc) is 2.16. The third-order valence-electron chi connectivity index (χ3n) is 1.35. The van der Waals surface area contributed by atoms with Gasteiger partial charge in [0.1, 0.15) is 11.5 Å². The number of rotatable bonds is 1. The minimum atomic E-state index is 0.548. The molecule has 1 aliphatic carbocycles. The van der Waals surface area contributed by atoms with Gasteiger partial charge >= 0.3 is 0 Å². The molecule has 0 atom stereocenters. The third-order valence-corrected chi connectivity index (χ3v) is 1.73. The lowest BCUT2D eigenvalue weighted by Crippen LogP contribution is -2.08. The molecule has 0 aliphatic heterocycles. The smallest absolute Gasteiger partial charge is 0.147 e. The van der Waals surface area contributed by atoms with E-state index in [1.807, 2.05) is 0 Å². The maximum absolute atomic E-state index is 5.29. The lowest BCUT2D eigenvalue weighted by Gasteiger charge is -2.08. The number of halogens is 2. The van der Waals surface area contributed by atoms with Crippen LogP contribution in [0.2, 0.25) is 0 Å². The van der Waals surface area contributed by atoms with E-state index in [2.05, 4.69) is 9.02 Å². The quantitative estimate of drug-likeness (QED) is 0.604. The first kappa shape index (κ1) is 9.29. The number of ether oxygens (including phenoxy) is 1. The fraction of sp³-hybridized carbons (Fsp3) is 0.143. The van der Waals surface area contributed by atoms with Gasteiger partial charge in [0, 0.05) is 29.6 Å². The number of methoxy groups -OCH3 is 1. The van der Waals surface area contributed by atoms with E-state index in [9.17, 15) is 0 Å². The summed E-state index contributed by atoms with van der Waals surface area (Å²) < 4.78 is 11.9. The van der Waals surface area contributed by atoms with Crippen LogP contribution in [0.3, 0.4) is 0 Å². The van der Waals surface area contributed by atoms with Crippen LogP contribution in [0, 0.1) is 0 Å². The molecule has 0 aromatic carbocycles. The molecule has 0 saturated carbocycles. The van der Waals surface area contributed by atoms with Crippen LogP contribution in [0.15, 0.2) is 33.0 Å². The third kappa shape index (κ3) is 1.87. The maximum Gasteiger partial charge on any atom is 0.147 e. The SMILES string of the molecule is COC1=CC(=NCl)C=CC1=NCl. The fourth-order valence-electron chi connectivity index (χ4n) is 0.789. The monoisotopic (exact) mass is 204 g/mol. The molecule has 0 spiro atoms. The van der Waals surface area contributed by atoms with Crippen LogP contribution >= 0.6 is 23.6 Å². The molecule has 5 heteroatoms. The maximum atomic E-state index is 5.29. The summed E-state index contributed by atoms with van der Waals surface area (Å²) in [6.07, 6.45) is 5.01. The Bertz CT molecular complexity index is 292. The second-order valence-corrected chi connectivity index (χ2v) is 2.36. The first-order valence-corrected chi connectivity index (χ1v) is 3.81. The molecular formula is C7H6Cl2N2O. The molecule has 1 rings (SSSR count). The van der Waals surface area contributed by atoms with Crippen molar-refractivity contribution in [2.24, 2.45) is 9.02 Å². The summed E-state index contributed by atoms with van der Waals surface area (Å²) in [5, 5.41) is 0. The van der Waals surface area contributed by atoms with E-state index in [0.29, 0.717) is 17.2 Å². The Balaban J connectivity index is 2.99. The summed E-state index contributed by atoms with van der Waals surface area (Å²) in [7, 11) is 1.53. The molecule has 0 heterocycles. The van der Waals surface area contributed by atoms with Gasteiger partial charge in [0.25, 0.3) is 0 Å². The van der Waals surface area contributed by atoms with E-state index in [-0.39, 0.29) is 0 Å². The molecule has 0 unspecified atom stereocenters. The van der Waals surface area contributed by atoms with Crippen LogP contribution in [-0.4, -0.2) is 18.5 Å². The van der Waals surface area contributed by atoms with Gasteiger partial charge in [-0.1, -0.05) is 0 Å². The van der Waals surface area contributed by atoms with Crippen LogP contribution in [0.4, 0.5) is 0 Å². The average molecular weight is 205 g/mol. The van der Waals surface area contributed by atoms with Gasteiger partial charge in [0.05, 0.1) is 12.8 Å². The Labute approximate surface area is 80.3 Å². The highest BCUT2D eigenvalue weighted by Crippen LogP contribution is 2.09. The van der Waals surface area contributed by atoms with Crippen molar-refractivity contribution < 1.29 is 4.74 Å². The van der Waals surface area contributed by atoms with Gasteiger partial charge in [-0.2, -0.15) is 9.02 Å². The lowest BCUT2D eigenvalue weighted by atomic mass is 10.1.